The molecule has 2 rings (SSSR count). The Morgan fingerprint density at radius 3 is 1.90 bits per heavy atom. The van der Waals surface area contributed by atoms with E-state index in [4.69, 9.17) is 29.0 Å². The molecule has 0 spiro atoms. The van der Waals surface area contributed by atoms with Crippen LogP contribution in [-0.4, -0.2) is 0 Å². The van der Waals surface area contributed by atoms with Crippen LogP contribution >= 0.6 is 23.2 Å². The molecule has 20 heavy (non-hydrogen) atoms. The van der Waals surface area contributed by atoms with Crippen LogP contribution in [0.2, 0.25) is 10.0 Å². The van der Waals surface area contributed by atoms with Gasteiger partial charge in [-0.05, 0) is 34.7 Å². The van der Waals surface area contributed by atoms with Gasteiger partial charge in [0.2, 0.25) is 0 Å². The predicted octanol–water partition coefficient (Wildman–Crippen LogP) is 4.67. The van der Waals surface area contributed by atoms with Crippen molar-refractivity contribution in [3.8, 4) is 0 Å². The molecule has 1 atom stereocenters. The van der Waals surface area contributed by atoms with Crippen molar-refractivity contribution >= 4 is 23.2 Å². The first-order valence-electron chi connectivity index (χ1n) is 6.54. The van der Waals surface area contributed by atoms with E-state index in [1.165, 1.54) is 5.56 Å². The summed E-state index contributed by atoms with van der Waals surface area (Å²) in [6, 6.07) is 13.9. The lowest BCUT2D eigenvalue weighted by atomic mass is 9.96. The van der Waals surface area contributed by atoms with E-state index < -0.39 is 0 Å². The summed E-state index contributed by atoms with van der Waals surface area (Å²) in [7, 11) is 0. The van der Waals surface area contributed by atoms with E-state index in [9.17, 15) is 0 Å². The van der Waals surface area contributed by atoms with Crippen LogP contribution in [0, 0.1) is 0 Å². The number of hydrazine groups is 1. The molecule has 2 aromatic rings. The van der Waals surface area contributed by atoms with Crippen LogP contribution in [-0.2, 0) is 0 Å². The Hall–Kier alpha value is -1.06. The first-order chi connectivity index (χ1) is 9.52. The van der Waals surface area contributed by atoms with Crippen LogP contribution in [0.1, 0.15) is 42.5 Å². The van der Waals surface area contributed by atoms with E-state index in [2.05, 4.69) is 43.5 Å². The second-order valence-corrected chi connectivity index (χ2v) is 5.91. The monoisotopic (exact) mass is 308 g/mol. The quantitative estimate of drug-likeness (QED) is 0.636. The minimum absolute atomic E-state index is 0.106. The maximum atomic E-state index is 6.07. The molecule has 0 saturated heterocycles. The Bertz CT molecular complexity index is 580. The SMILES string of the molecule is CC(C)c1ccc(C(NN)c2ccc(Cl)c(Cl)c2)cc1. The molecule has 1 unspecified atom stereocenters. The molecule has 0 radical (unpaired) electrons. The summed E-state index contributed by atoms with van der Waals surface area (Å²) < 4.78 is 0. The fraction of sp³-hybridized carbons (Fsp3) is 0.250. The Morgan fingerprint density at radius 2 is 1.40 bits per heavy atom. The predicted molar refractivity (Wildman–Crippen MR) is 86.2 cm³/mol. The third-order valence-electron chi connectivity index (χ3n) is 3.38. The fourth-order valence-electron chi connectivity index (χ4n) is 2.15. The van der Waals surface area contributed by atoms with Gasteiger partial charge in [-0.25, -0.2) is 5.43 Å². The molecule has 2 aromatic carbocycles. The van der Waals surface area contributed by atoms with E-state index in [1.54, 1.807) is 6.07 Å². The van der Waals surface area contributed by atoms with Crippen LogP contribution in [0.3, 0.4) is 0 Å². The lowest BCUT2D eigenvalue weighted by Gasteiger charge is -2.18. The topological polar surface area (TPSA) is 38.0 Å². The average molecular weight is 309 g/mol. The van der Waals surface area contributed by atoms with Crippen molar-refractivity contribution in [3.63, 3.8) is 0 Å². The first kappa shape index (κ1) is 15.3. The highest BCUT2D eigenvalue weighted by Gasteiger charge is 2.14. The molecule has 4 heteroatoms. The zero-order valence-electron chi connectivity index (χ0n) is 11.5. The van der Waals surface area contributed by atoms with E-state index in [0.717, 1.165) is 11.1 Å². The summed E-state index contributed by atoms with van der Waals surface area (Å²) in [4.78, 5) is 0. The molecule has 0 aliphatic heterocycles. The number of nitrogens with two attached hydrogens (primary N) is 1. The van der Waals surface area contributed by atoms with Crippen molar-refractivity contribution in [1.82, 2.24) is 5.43 Å². The van der Waals surface area contributed by atoms with Gasteiger partial charge < -0.3 is 0 Å². The summed E-state index contributed by atoms with van der Waals surface area (Å²) in [5, 5.41) is 1.07. The summed E-state index contributed by atoms with van der Waals surface area (Å²) in [6.45, 7) is 4.35. The van der Waals surface area contributed by atoms with Crippen LogP contribution < -0.4 is 11.3 Å². The molecule has 0 aromatic heterocycles. The molecule has 0 fully saturated rings. The average Bonchev–Trinajstić information content (AvgIpc) is 2.44. The molecule has 0 bridgehead atoms. The largest absolute Gasteiger partial charge is 0.271 e. The Morgan fingerprint density at radius 1 is 0.850 bits per heavy atom. The van der Waals surface area contributed by atoms with E-state index in [0.29, 0.717) is 16.0 Å². The number of nitrogens with one attached hydrogen (secondary N) is 1. The molecule has 106 valence electrons. The van der Waals surface area contributed by atoms with Gasteiger partial charge in [-0.2, -0.15) is 0 Å². The second-order valence-electron chi connectivity index (χ2n) is 5.09. The lowest BCUT2D eigenvalue weighted by molar-refractivity contribution is 0.636. The highest BCUT2D eigenvalue weighted by Crippen LogP contribution is 2.29. The van der Waals surface area contributed by atoms with Crippen molar-refractivity contribution in [2.24, 2.45) is 5.84 Å². The van der Waals surface area contributed by atoms with Crippen LogP contribution in [0.25, 0.3) is 0 Å². The molecule has 0 aliphatic rings. The summed E-state index contributed by atoms with van der Waals surface area (Å²) in [5.41, 5.74) is 6.21. The molecule has 0 heterocycles. The van der Waals surface area contributed by atoms with Gasteiger partial charge >= 0.3 is 0 Å². The van der Waals surface area contributed by atoms with Crippen molar-refractivity contribution < 1.29 is 0 Å². The number of halogens is 2. The Kier molecular flexibility index (Phi) is 5.06. The number of hydrogen-bond acceptors (Lipinski definition) is 2. The van der Waals surface area contributed by atoms with Crippen molar-refractivity contribution in [2.45, 2.75) is 25.8 Å². The first-order valence-corrected chi connectivity index (χ1v) is 7.29. The third-order valence-corrected chi connectivity index (χ3v) is 4.12. The van der Waals surface area contributed by atoms with E-state index in [-0.39, 0.29) is 6.04 Å². The minimum atomic E-state index is -0.106. The lowest BCUT2D eigenvalue weighted by Crippen LogP contribution is -2.28. The summed E-state index contributed by atoms with van der Waals surface area (Å²) in [6.07, 6.45) is 0. The van der Waals surface area contributed by atoms with Crippen LogP contribution in [0.15, 0.2) is 42.5 Å². The fourth-order valence-corrected chi connectivity index (χ4v) is 2.46. The zero-order valence-corrected chi connectivity index (χ0v) is 13.0. The summed E-state index contributed by atoms with van der Waals surface area (Å²) >= 11 is 12.0. The second kappa shape index (κ2) is 6.59. The maximum absolute atomic E-state index is 6.07. The smallest absolute Gasteiger partial charge is 0.0710 e. The normalized spacial score (nSPS) is 12.7. The molecule has 0 amide bonds. The van der Waals surface area contributed by atoms with E-state index >= 15 is 0 Å². The van der Waals surface area contributed by atoms with Crippen molar-refractivity contribution in [2.75, 3.05) is 0 Å². The maximum Gasteiger partial charge on any atom is 0.0710 e. The molecular formula is C16H18Cl2N2. The molecular weight excluding hydrogens is 291 g/mol. The zero-order chi connectivity index (χ0) is 14.7. The molecule has 2 nitrogen and oxygen atoms in total. The number of hydrogen-bond donors (Lipinski definition) is 2. The van der Waals surface area contributed by atoms with Crippen molar-refractivity contribution in [1.29, 1.82) is 0 Å². The number of rotatable bonds is 4. The molecule has 0 aliphatic carbocycles. The van der Waals surface area contributed by atoms with E-state index in [1.807, 2.05) is 12.1 Å². The Balaban J connectivity index is 2.33. The van der Waals surface area contributed by atoms with Crippen molar-refractivity contribution in [3.05, 3.63) is 69.2 Å². The van der Waals surface area contributed by atoms with Gasteiger partial charge in [-0.1, -0.05) is 67.4 Å². The minimum Gasteiger partial charge on any atom is -0.271 e. The van der Waals surface area contributed by atoms with Gasteiger partial charge in [0, 0.05) is 0 Å². The van der Waals surface area contributed by atoms with Gasteiger partial charge in [-0.15, -0.1) is 0 Å². The van der Waals surface area contributed by atoms with Gasteiger partial charge in [0.15, 0.2) is 0 Å². The van der Waals surface area contributed by atoms with Gasteiger partial charge in [0.05, 0.1) is 16.1 Å². The number of benzene rings is 2. The standard InChI is InChI=1S/C16H18Cl2N2/c1-10(2)11-3-5-12(6-4-11)16(20-19)13-7-8-14(17)15(18)9-13/h3-10,16,20H,19H2,1-2H3. The highest BCUT2D eigenvalue weighted by atomic mass is 35.5. The van der Waals surface area contributed by atoms with Crippen LogP contribution in [0.4, 0.5) is 0 Å². The third kappa shape index (κ3) is 3.33. The summed E-state index contributed by atoms with van der Waals surface area (Å²) in [5.74, 6) is 6.21. The van der Waals surface area contributed by atoms with Gasteiger partial charge in [-0.3, -0.25) is 5.84 Å². The molecule has 0 saturated carbocycles. The van der Waals surface area contributed by atoms with Gasteiger partial charge in [0.25, 0.3) is 0 Å². The highest BCUT2D eigenvalue weighted by molar-refractivity contribution is 6.42. The molecule has 3 N–H and O–H groups in total. The van der Waals surface area contributed by atoms with Crippen LogP contribution in [0.5, 0.6) is 0 Å². The van der Waals surface area contributed by atoms with Gasteiger partial charge in [0.1, 0.15) is 0 Å². The Labute approximate surface area is 129 Å².